The van der Waals surface area contributed by atoms with Crippen molar-refractivity contribution in [3.05, 3.63) is 56.7 Å². The van der Waals surface area contributed by atoms with Gasteiger partial charge in [-0.05, 0) is 30.7 Å². The Balaban J connectivity index is 2.22. The molecule has 2 aromatic rings. The molecule has 0 radical (unpaired) electrons. The highest BCUT2D eigenvalue weighted by Crippen LogP contribution is 2.30. The molecule has 1 atom stereocenters. The van der Waals surface area contributed by atoms with Crippen LogP contribution in [0.15, 0.2) is 41.1 Å². The van der Waals surface area contributed by atoms with Crippen molar-refractivity contribution in [2.45, 2.75) is 13.0 Å². The maximum absolute atomic E-state index is 6.21. The van der Waals surface area contributed by atoms with Crippen molar-refractivity contribution < 1.29 is 0 Å². The Labute approximate surface area is 124 Å². The molecule has 1 aromatic carbocycles. The summed E-state index contributed by atoms with van der Waals surface area (Å²) in [5.74, 6) is 0. The summed E-state index contributed by atoms with van der Waals surface area (Å²) in [6.45, 7) is 2.03. The molecule has 0 bridgehead atoms. The summed E-state index contributed by atoms with van der Waals surface area (Å²) in [6, 6.07) is 7.62. The number of hydrogen-bond acceptors (Lipinski definition) is 2. The van der Waals surface area contributed by atoms with Crippen molar-refractivity contribution in [2.24, 2.45) is 0 Å². The van der Waals surface area contributed by atoms with Gasteiger partial charge in [-0.3, -0.25) is 4.98 Å². The van der Waals surface area contributed by atoms with Crippen LogP contribution in [-0.4, -0.2) is 4.98 Å². The van der Waals surface area contributed by atoms with Gasteiger partial charge in [-0.25, -0.2) is 0 Å². The van der Waals surface area contributed by atoms with E-state index in [9.17, 15) is 0 Å². The van der Waals surface area contributed by atoms with Crippen molar-refractivity contribution in [1.82, 2.24) is 4.98 Å². The smallest absolute Gasteiger partial charge is 0.0720 e. The Morgan fingerprint density at radius 2 is 2.00 bits per heavy atom. The van der Waals surface area contributed by atoms with E-state index in [4.69, 9.17) is 23.2 Å². The van der Waals surface area contributed by atoms with Crippen LogP contribution in [0.4, 0.5) is 5.69 Å². The molecular formula is C13H11BrCl2N2. The lowest BCUT2D eigenvalue weighted by atomic mass is 10.1. The Bertz CT molecular complexity index is 560. The zero-order valence-electron chi connectivity index (χ0n) is 9.62. The average Bonchev–Trinajstić information content (AvgIpc) is 2.32. The largest absolute Gasteiger partial charge is 0.376 e. The highest BCUT2D eigenvalue weighted by molar-refractivity contribution is 9.10. The number of nitrogens with one attached hydrogen (secondary N) is 1. The zero-order valence-corrected chi connectivity index (χ0v) is 12.7. The molecule has 5 heteroatoms. The van der Waals surface area contributed by atoms with E-state index in [1.54, 1.807) is 18.5 Å². The first-order valence-electron chi connectivity index (χ1n) is 5.39. The Morgan fingerprint density at radius 3 is 2.67 bits per heavy atom. The van der Waals surface area contributed by atoms with Gasteiger partial charge in [0.1, 0.15) is 0 Å². The lowest BCUT2D eigenvalue weighted by Crippen LogP contribution is -2.07. The van der Waals surface area contributed by atoms with E-state index in [1.807, 2.05) is 25.1 Å². The van der Waals surface area contributed by atoms with Crippen molar-refractivity contribution in [3.8, 4) is 0 Å². The molecule has 0 aliphatic heterocycles. The van der Waals surface area contributed by atoms with E-state index >= 15 is 0 Å². The van der Waals surface area contributed by atoms with Crippen LogP contribution < -0.4 is 5.32 Å². The molecule has 0 spiro atoms. The van der Waals surface area contributed by atoms with Gasteiger partial charge >= 0.3 is 0 Å². The molecule has 1 N–H and O–H groups in total. The number of rotatable bonds is 3. The molecular weight excluding hydrogens is 335 g/mol. The molecule has 1 heterocycles. The van der Waals surface area contributed by atoms with Crippen molar-refractivity contribution in [3.63, 3.8) is 0 Å². The maximum atomic E-state index is 6.21. The van der Waals surface area contributed by atoms with Gasteiger partial charge in [0.15, 0.2) is 0 Å². The molecule has 18 heavy (non-hydrogen) atoms. The minimum absolute atomic E-state index is 0.0484. The second kappa shape index (κ2) is 5.91. The quantitative estimate of drug-likeness (QED) is 0.813. The summed E-state index contributed by atoms with van der Waals surface area (Å²) in [4.78, 5) is 4.04. The molecule has 2 rings (SSSR count). The van der Waals surface area contributed by atoms with E-state index in [2.05, 4.69) is 26.2 Å². The summed E-state index contributed by atoms with van der Waals surface area (Å²) in [5, 5.41) is 4.65. The summed E-state index contributed by atoms with van der Waals surface area (Å²) in [5.41, 5.74) is 1.81. The Morgan fingerprint density at radius 1 is 1.22 bits per heavy atom. The number of benzene rings is 1. The molecule has 0 aliphatic rings. The molecule has 1 aromatic heterocycles. The zero-order chi connectivity index (χ0) is 13.1. The molecule has 0 amide bonds. The van der Waals surface area contributed by atoms with Gasteiger partial charge in [-0.1, -0.05) is 45.2 Å². The third kappa shape index (κ3) is 3.16. The van der Waals surface area contributed by atoms with Crippen LogP contribution >= 0.6 is 39.1 Å². The fraction of sp³-hybridized carbons (Fsp3) is 0.154. The predicted octanol–water partition coefficient (Wildman–Crippen LogP) is 5.32. The van der Waals surface area contributed by atoms with Crippen molar-refractivity contribution in [2.75, 3.05) is 5.32 Å². The van der Waals surface area contributed by atoms with Gasteiger partial charge in [0.25, 0.3) is 0 Å². The van der Waals surface area contributed by atoms with Crippen LogP contribution in [0.25, 0.3) is 0 Å². The van der Waals surface area contributed by atoms with E-state index in [0.29, 0.717) is 10.0 Å². The second-order valence-electron chi connectivity index (χ2n) is 3.89. The van der Waals surface area contributed by atoms with Gasteiger partial charge in [-0.2, -0.15) is 0 Å². The van der Waals surface area contributed by atoms with Gasteiger partial charge in [0, 0.05) is 15.7 Å². The fourth-order valence-electron chi connectivity index (χ4n) is 1.65. The highest BCUT2D eigenvalue weighted by Gasteiger charge is 2.11. The lowest BCUT2D eigenvalue weighted by molar-refractivity contribution is 0.883. The first kappa shape index (κ1) is 13.7. The monoisotopic (exact) mass is 344 g/mol. The third-order valence-electron chi connectivity index (χ3n) is 2.57. The van der Waals surface area contributed by atoms with Crippen LogP contribution in [0, 0.1) is 0 Å². The predicted molar refractivity (Wildman–Crippen MR) is 80.4 cm³/mol. The van der Waals surface area contributed by atoms with Gasteiger partial charge in [0.2, 0.25) is 0 Å². The van der Waals surface area contributed by atoms with Gasteiger partial charge in [-0.15, -0.1) is 0 Å². The highest BCUT2D eigenvalue weighted by atomic mass is 79.9. The van der Waals surface area contributed by atoms with E-state index in [-0.39, 0.29) is 6.04 Å². The average molecular weight is 346 g/mol. The lowest BCUT2D eigenvalue weighted by Gasteiger charge is -2.17. The number of aromatic nitrogens is 1. The van der Waals surface area contributed by atoms with Crippen LogP contribution in [0.2, 0.25) is 10.0 Å². The van der Waals surface area contributed by atoms with Crippen LogP contribution in [0.5, 0.6) is 0 Å². The number of anilines is 1. The number of hydrogen-bond donors (Lipinski definition) is 1. The molecule has 0 saturated carbocycles. The van der Waals surface area contributed by atoms with Crippen molar-refractivity contribution >= 4 is 44.8 Å². The van der Waals surface area contributed by atoms with E-state index in [1.165, 1.54) is 0 Å². The fourth-order valence-corrected chi connectivity index (χ4v) is 2.64. The minimum atomic E-state index is 0.0484. The molecule has 2 nitrogen and oxygen atoms in total. The maximum Gasteiger partial charge on any atom is 0.0720 e. The first-order valence-corrected chi connectivity index (χ1v) is 6.94. The molecule has 0 fully saturated rings. The summed E-state index contributed by atoms with van der Waals surface area (Å²) >= 11 is 15.7. The van der Waals surface area contributed by atoms with Crippen LogP contribution in [0.1, 0.15) is 18.5 Å². The molecule has 1 unspecified atom stereocenters. The standard InChI is InChI=1S/C13H11BrCl2N2/c1-8(10-3-2-9(14)6-12(10)16)18-13-7-17-5-4-11(13)15/h2-8,18H,1H3. The summed E-state index contributed by atoms with van der Waals surface area (Å²) in [6.07, 6.45) is 3.36. The van der Waals surface area contributed by atoms with Crippen LogP contribution in [-0.2, 0) is 0 Å². The van der Waals surface area contributed by atoms with Crippen molar-refractivity contribution in [1.29, 1.82) is 0 Å². The molecule has 0 saturated heterocycles. The Kier molecular flexibility index (Phi) is 4.49. The van der Waals surface area contributed by atoms with E-state index in [0.717, 1.165) is 15.7 Å². The third-order valence-corrected chi connectivity index (χ3v) is 3.72. The summed E-state index contributed by atoms with van der Waals surface area (Å²) in [7, 11) is 0. The number of nitrogens with zero attached hydrogens (tertiary/aromatic N) is 1. The Hall–Kier alpha value is -0.770. The van der Waals surface area contributed by atoms with Crippen LogP contribution in [0.3, 0.4) is 0 Å². The minimum Gasteiger partial charge on any atom is -0.376 e. The SMILES string of the molecule is CC(Nc1cnccc1Cl)c1ccc(Br)cc1Cl. The molecule has 94 valence electrons. The summed E-state index contributed by atoms with van der Waals surface area (Å²) < 4.78 is 0.961. The topological polar surface area (TPSA) is 24.9 Å². The van der Waals surface area contributed by atoms with Gasteiger partial charge < -0.3 is 5.32 Å². The molecule has 0 aliphatic carbocycles. The first-order chi connectivity index (χ1) is 8.58. The number of pyridine rings is 1. The van der Waals surface area contributed by atoms with E-state index < -0.39 is 0 Å². The number of halogens is 3. The normalized spacial score (nSPS) is 12.2. The van der Waals surface area contributed by atoms with Gasteiger partial charge in [0.05, 0.1) is 22.9 Å². The second-order valence-corrected chi connectivity index (χ2v) is 5.62.